The number of nitrogen functional groups attached to an aromatic ring is 1. The van der Waals surface area contributed by atoms with Gasteiger partial charge in [-0.1, -0.05) is 29.8 Å². The van der Waals surface area contributed by atoms with Gasteiger partial charge in [-0.05, 0) is 18.6 Å². The fourth-order valence-corrected chi connectivity index (χ4v) is 1.43. The van der Waals surface area contributed by atoms with E-state index in [1.54, 1.807) is 12.3 Å². The predicted molar refractivity (Wildman–Crippen MR) is 68.3 cm³/mol. The fraction of sp³-hybridized carbons (Fsp3) is 0.167. The van der Waals surface area contributed by atoms with Crippen LogP contribution in [0.15, 0.2) is 36.5 Å². The number of benzene rings is 1. The van der Waals surface area contributed by atoms with Crippen LogP contribution >= 0.6 is 0 Å². The Hall–Kier alpha value is -2.14. The third kappa shape index (κ3) is 3.15. The topological polar surface area (TPSA) is 75.9 Å². The first-order valence-electron chi connectivity index (χ1n) is 5.37. The molecule has 0 aliphatic carbocycles. The molecule has 2 rings (SSSR count). The molecule has 0 saturated carbocycles. The highest BCUT2D eigenvalue weighted by Gasteiger charge is 1.97. The van der Waals surface area contributed by atoms with Crippen molar-refractivity contribution in [3.8, 4) is 0 Å². The summed E-state index contributed by atoms with van der Waals surface area (Å²) in [6, 6.07) is 10.2. The summed E-state index contributed by atoms with van der Waals surface area (Å²) in [6.45, 7) is 2.79. The maximum Gasteiger partial charge on any atom is 0.239 e. The number of rotatable bonds is 4. The Morgan fingerprint density at radius 1 is 1.18 bits per heavy atom. The van der Waals surface area contributed by atoms with E-state index >= 15 is 0 Å². The zero-order valence-corrected chi connectivity index (χ0v) is 9.64. The van der Waals surface area contributed by atoms with E-state index in [0.717, 1.165) is 12.4 Å². The average Bonchev–Trinajstić information content (AvgIpc) is 2.38. The van der Waals surface area contributed by atoms with Crippen molar-refractivity contribution in [3.63, 3.8) is 0 Å². The van der Waals surface area contributed by atoms with Gasteiger partial charge in [0.05, 0.1) is 0 Å². The van der Waals surface area contributed by atoms with E-state index < -0.39 is 0 Å². The van der Waals surface area contributed by atoms with Crippen LogP contribution in [-0.2, 0) is 6.54 Å². The van der Waals surface area contributed by atoms with E-state index in [-0.39, 0.29) is 0 Å². The van der Waals surface area contributed by atoms with Crippen LogP contribution in [0.2, 0.25) is 0 Å². The summed E-state index contributed by atoms with van der Waals surface area (Å²) >= 11 is 0. The number of nitrogens with one attached hydrogen (secondary N) is 2. The zero-order chi connectivity index (χ0) is 12.1. The van der Waals surface area contributed by atoms with Gasteiger partial charge in [0.15, 0.2) is 0 Å². The summed E-state index contributed by atoms with van der Waals surface area (Å²) in [5.74, 6) is 6.39. The molecule has 0 unspecified atom stereocenters. The van der Waals surface area contributed by atoms with Crippen molar-refractivity contribution in [2.24, 2.45) is 5.84 Å². The van der Waals surface area contributed by atoms with Crippen molar-refractivity contribution in [2.75, 3.05) is 10.7 Å². The molecule has 5 heteroatoms. The lowest BCUT2D eigenvalue weighted by Crippen LogP contribution is -2.11. The lowest BCUT2D eigenvalue weighted by Gasteiger charge is -2.06. The first kappa shape index (κ1) is 11.3. The minimum atomic E-state index is 0.402. The molecule has 4 N–H and O–H groups in total. The standard InChI is InChI=1S/C12H15N5/c1-9-2-4-10(5-3-9)8-15-11-6-7-14-12(16-11)17-13/h2-7H,8,13H2,1H3,(H2,14,15,16,17). The summed E-state index contributed by atoms with van der Waals surface area (Å²) in [5, 5.41) is 3.21. The van der Waals surface area contributed by atoms with Gasteiger partial charge in [-0.3, -0.25) is 5.43 Å². The molecule has 2 aromatic rings. The fourth-order valence-electron chi connectivity index (χ4n) is 1.43. The second-order valence-corrected chi connectivity index (χ2v) is 3.75. The highest BCUT2D eigenvalue weighted by molar-refractivity contribution is 5.39. The van der Waals surface area contributed by atoms with Gasteiger partial charge in [0.2, 0.25) is 5.95 Å². The third-order valence-electron chi connectivity index (χ3n) is 2.38. The smallest absolute Gasteiger partial charge is 0.239 e. The molecule has 0 spiro atoms. The lowest BCUT2D eigenvalue weighted by atomic mass is 10.1. The van der Waals surface area contributed by atoms with Crippen LogP contribution in [0.1, 0.15) is 11.1 Å². The highest BCUT2D eigenvalue weighted by Crippen LogP contribution is 2.08. The van der Waals surface area contributed by atoms with Gasteiger partial charge in [-0.25, -0.2) is 10.8 Å². The van der Waals surface area contributed by atoms with Crippen LogP contribution in [-0.4, -0.2) is 9.97 Å². The molecule has 0 amide bonds. The summed E-state index contributed by atoms with van der Waals surface area (Å²) in [7, 11) is 0. The van der Waals surface area contributed by atoms with Gasteiger partial charge < -0.3 is 5.32 Å². The van der Waals surface area contributed by atoms with Gasteiger partial charge in [0.1, 0.15) is 5.82 Å². The summed E-state index contributed by atoms with van der Waals surface area (Å²) in [5.41, 5.74) is 4.87. The van der Waals surface area contributed by atoms with Crippen LogP contribution in [0.3, 0.4) is 0 Å². The van der Waals surface area contributed by atoms with Crippen LogP contribution < -0.4 is 16.6 Å². The van der Waals surface area contributed by atoms with Gasteiger partial charge in [0, 0.05) is 12.7 Å². The SMILES string of the molecule is Cc1ccc(CNc2ccnc(NN)n2)cc1. The number of aromatic nitrogens is 2. The van der Waals surface area contributed by atoms with E-state index in [1.165, 1.54) is 11.1 Å². The van der Waals surface area contributed by atoms with Gasteiger partial charge >= 0.3 is 0 Å². The van der Waals surface area contributed by atoms with Crippen LogP contribution in [0.5, 0.6) is 0 Å². The quantitative estimate of drug-likeness (QED) is 0.549. The largest absolute Gasteiger partial charge is 0.366 e. The number of hydrazine groups is 1. The Morgan fingerprint density at radius 2 is 1.94 bits per heavy atom. The van der Waals surface area contributed by atoms with Crippen molar-refractivity contribution in [2.45, 2.75) is 13.5 Å². The number of nitrogens with two attached hydrogens (primary N) is 1. The summed E-state index contributed by atoms with van der Waals surface area (Å²) in [4.78, 5) is 8.10. The van der Waals surface area contributed by atoms with Crippen molar-refractivity contribution in [1.82, 2.24) is 9.97 Å². The van der Waals surface area contributed by atoms with Crippen LogP contribution in [0.25, 0.3) is 0 Å². The van der Waals surface area contributed by atoms with E-state index in [2.05, 4.69) is 51.9 Å². The Balaban J connectivity index is 1.99. The maximum absolute atomic E-state index is 5.24. The second kappa shape index (κ2) is 5.27. The highest BCUT2D eigenvalue weighted by atomic mass is 15.3. The van der Waals surface area contributed by atoms with E-state index in [9.17, 15) is 0 Å². The Kier molecular flexibility index (Phi) is 3.52. The third-order valence-corrected chi connectivity index (χ3v) is 2.38. The van der Waals surface area contributed by atoms with E-state index in [1.807, 2.05) is 0 Å². The van der Waals surface area contributed by atoms with Crippen molar-refractivity contribution < 1.29 is 0 Å². The maximum atomic E-state index is 5.24. The normalized spacial score (nSPS) is 10.0. The number of hydrogen-bond donors (Lipinski definition) is 3. The first-order chi connectivity index (χ1) is 8.28. The molecule has 0 aliphatic heterocycles. The molecule has 0 radical (unpaired) electrons. The minimum absolute atomic E-state index is 0.402. The molecule has 0 atom stereocenters. The number of anilines is 2. The molecule has 1 heterocycles. The molecule has 0 saturated heterocycles. The molecule has 88 valence electrons. The molecule has 0 aliphatic rings. The van der Waals surface area contributed by atoms with Crippen LogP contribution in [0.4, 0.5) is 11.8 Å². The minimum Gasteiger partial charge on any atom is -0.366 e. The Labute approximate surface area is 100 Å². The molecule has 0 fully saturated rings. The monoisotopic (exact) mass is 229 g/mol. The average molecular weight is 229 g/mol. The molecule has 1 aromatic carbocycles. The first-order valence-corrected chi connectivity index (χ1v) is 5.37. The molecular formula is C12H15N5. The molecular weight excluding hydrogens is 214 g/mol. The lowest BCUT2D eigenvalue weighted by molar-refractivity contribution is 1.06. The zero-order valence-electron chi connectivity index (χ0n) is 9.64. The van der Waals surface area contributed by atoms with Crippen molar-refractivity contribution in [3.05, 3.63) is 47.7 Å². The predicted octanol–water partition coefficient (Wildman–Crippen LogP) is 1.68. The Morgan fingerprint density at radius 3 is 2.65 bits per heavy atom. The Bertz CT molecular complexity index is 481. The number of aryl methyl sites for hydroxylation is 1. The van der Waals surface area contributed by atoms with E-state index in [0.29, 0.717) is 5.95 Å². The summed E-state index contributed by atoms with van der Waals surface area (Å²) < 4.78 is 0. The van der Waals surface area contributed by atoms with Gasteiger partial charge in [0.25, 0.3) is 0 Å². The summed E-state index contributed by atoms with van der Waals surface area (Å²) in [6.07, 6.45) is 1.65. The second-order valence-electron chi connectivity index (χ2n) is 3.75. The van der Waals surface area contributed by atoms with Crippen LogP contribution in [0, 0.1) is 6.92 Å². The number of nitrogens with zero attached hydrogens (tertiary/aromatic N) is 2. The van der Waals surface area contributed by atoms with Crippen molar-refractivity contribution in [1.29, 1.82) is 0 Å². The molecule has 17 heavy (non-hydrogen) atoms. The van der Waals surface area contributed by atoms with Gasteiger partial charge in [-0.2, -0.15) is 4.98 Å². The number of hydrogen-bond acceptors (Lipinski definition) is 5. The van der Waals surface area contributed by atoms with Crippen molar-refractivity contribution >= 4 is 11.8 Å². The molecule has 5 nitrogen and oxygen atoms in total. The molecule has 0 bridgehead atoms. The molecule has 1 aromatic heterocycles. The van der Waals surface area contributed by atoms with Gasteiger partial charge in [-0.15, -0.1) is 0 Å². The van der Waals surface area contributed by atoms with E-state index in [4.69, 9.17) is 5.84 Å².